The third-order valence-corrected chi connectivity index (χ3v) is 8.88. The Balaban J connectivity index is 1.44. The van der Waals surface area contributed by atoms with Gasteiger partial charge in [0.05, 0.1) is 0 Å². The van der Waals surface area contributed by atoms with E-state index in [9.17, 15) is 10.5 Å². The smallest absolute Gasteiger partial charge is 0.141 e. The van der Waals surface area contributed by atoms with Gasteiger partial charge < -0.3 is 0 Å². The van der Waals surface area contributed by atoms with Gasteiger partial charge in [0.2, 0.25) is 0 Å². The van der Waals surface area contributed by atoms with Crippen LogP contribution < -0.4 is 0 Å². The van der Waals surface area contributed by atoms with Crippen molar-refractivity contribution in [1.29, 1.82) is 10.5 Å². The molecule has 0 amide bonds. The molecule has 6 aromatic carbocycles. The molecule has 7 aromatic rings. The summed E-state index contributed by atoms with van der Waals surface area (Å²) in [5.41, 5.74) is 9.75. The molecule has 4 nitrogen and oxygen atoms in total. The van der Waals surface area contributed by atoms with Crippen molar-refractivity contribution < 1.29 is 0 Å². The van der Waals surface area contributed by atoms with E-state index in [1.54, 1.807) is 6.20 Å². The minimum atomic E-state index is 0.400. The molecule has 0 radical (unpaired) electrons. The van der Waals surface area contributed by atoms with Crippen LogP contribution in [0.3, 0.4) is 0 Å². The van der Waals surface area contributed by atoms with Gasteiger partial charge in [-0.3, -0.25) is 4.99 Å². The van der Waals surface area contributed by atoms with Gasteiger partial charge in [0.1, 0.15) is 23.5 Å². The highest BCUT2D eigenvalue weighted by Gasteiger charge is 2.20. The lowest BCUT2D eigenvalue weighted by Gasteiger charge is -2.20. The SMILES string of the molecule is N#CC1=NCCC(c2cccc(-c3c4ccccc4c(-c4cccc(-c5ccnc(C#N)c5)c4)c4ccc5ccccc5c34)c2)=C1. The average molecular weight is 587 g/mol. The molecule has 0 saturated heterocycles. The van der Waals surface area contributed by atoms with Crippen LogP contribution in [0.5, 0.6) is 0 Å². The van der Waals surface area contributed by atoms with E-state index in [4.69, 9.17) is 0 Å². The summed E-state index contributed by atoms with van der Waals surface area (Å²) in [5, 5.41) is 26.1. The average Bonchev–Trinajstić information content (AvgIpc) is 3.13. The summed E-state index contributed by atoms with van der Waals surface area (Å²) in [6.07, 6.45) is 4.42. The summed E-state index contributed by atoms with van der Waals surface area (Å²) >= 11 is 0. The van der Waals surface area contributed by atoms with Crippen LogP contribution in [0.25, 0.3) is 71.3 Å². The quantitative estimate of drug-likeness (QED) is 0.152. The number of pyridine rings is 1. The summed E-state index contributed by atoms with van der Waals surface area (Å²) in [4.78, 5) is 8.53. The Morgan fingerprint density at radius 2 is 1.22 bits per heavy atom. The predicted molar refractivity (Wildman–Crippen MR) is 188 cm³/mol. The number of dihydropyridines is 1. The van der Waals surface area contributed by atoms with Crippen molar-refractivity contribution in [3.63, 3.8) is 0 Å². The van der Waals surface area contributed by atoms with Gasteiger partial charge in [0, 0.05) is 12.7 Å². The predicted octanol–water partition coefficient (Wildman–Crippen LogP) is 10.2. The van der Waals surface area contributed by atoms with E-state index in [0.717, 1.165) is 39.8 Å². The number of rotatable bonds is 4. The highest BCUT2D eigenvalue weighted by atomic mass is 14.7. The lowest BCUT2D eigenvalue weighted by Crippen LogP contribution is -2.02. The van der Waals surface area contributed by atoms with E-state index in [1.807, 2.05) is 18.2 Å². The van der Waals surface area contributed by atoms with E-state index in [-0.39, 0.29) is 0 Å². The van der Waals surface area contributed by atoms with Crippen LogP contribution in [0.15, 0.2) is 139 Å². The Hall–Kier alpha value is -6.36. The van der Waals surface area contributed by atoms with Crippen LogP contribution in [0, 0.1) is 22.7 Å². The number of aliphatic imine (C=N–C) groups is 1. The number of nitrogens with zero attached hydrogens (tertiary/aromatic N) is 4. The Kier molecular flexibility index (Phi) is 6.68. The molecular weight excluding hydrogens is 560 g/mol. The fourth-order valence-corrected chi connectivity index (χ4v) is 6.83. The van der Waals surface area contributed by atoms with Gasteiger partial charge in [-0.25, -0.2) is 4.98 Å². The second-order valence-electron chi connectivity index (χ2n) is 11.5. The number of nitriles is 2. The van der Waals surface area contributed by atoms with E-state index >= 15 is 0 Å². The van der Waals surface area contributed by atoms with Crippen molar-refractivity contribution in [2.75, 3.05) is 6.54 Å². The number of fused-ring (bicyclic) bond motifs is 4. The molecule has 0 unspecified atom stereocenters. The first kappa shape index (κ1) is 27.2. The number of benzene rings is 6. The zero-order valence-corrected chi connectivity index (χ0v) is 24.9. The van der Waals surface area contributed by atoms with Crippen LogP contribution in [-0.2, 0) is 0 Å². The fourth-order valence-electron chi connectivity index (χ4n) is 6.83. The second-order valence-corrected chi connectivity index (χ2v) is 11.5. The lowest BCUT2D eigenvalue weighted by molar-refractivity contribution is 1.01. The largest absolute Gasteiger partial charge is 0.274 e. The molecule has 1 aromatic heterocycles. The van der Waals surface area contributed by atoms with Crippen molar-refractivity contribution in [3.05, 3.63) is 145 Å². The van der Waals surface area contributed by atoms with E-state index in [0.29, 0.717) is 18.0 Å². The van der Waals surface area contributed by atoms with Gasteiger partial charge in [0.25, 0.3) is 0 Å². The maximum absolute atomic E-state index is 9.51. The first-order chi connectivity index (χ1) is 22.7. The number of allylic oxidation sites excluding steroid dienone is 1. The standard InChI is InChI=1S/C42H26N4/c43-25-34-23-30(17-19-45-34)28-8-5-10-32(21-28)40-37-13-3-4-14-38(37)41(42-36-12-2-1-7-27(36)15-16-39(40)42)33-11-6-9-29(22-33)31-18-20-46-35(24-31)26-44/h1-17,19,21-24H,18,20H2. The van der Waals surface area contributed by atoms with Crippen molar-refractivity contribution >= 4 is 43.6 Å². The Bertz CT molecular complexity index is 2510. The van der Waals surface area contributed by atoms with Gasteiger partial charge in [0.15, 0.2) is 0 Å². The molecule has 2 heterocycles. The highest BCUT2D eigenvalue weighted by molar-refractivity contribution is 6.28. The summed E-state index contributed by atoms with van der Waals surface area (Å²) < 4.78 is 0. The van der Waals surface area contributed by atoms with Gasteiger partial charge in [-0.2, -0.15) is 10.5 Å². The van der Waals surface area contributed by atoms with Gasteiger partial charge in [-0.1, -0.05) is 97.1 Å². The van der Waals surface area contributed by atoms with Crippen molar-refractivity contribution in [3.8, 4) is 45.5 Å². The highest BCUT2D eigenvalue weighted by Crippen LogP contribution is 2.47. The fraction of sp³-hybridized carbons (Fsp3) is 0.0476. The number of aromatic nitrogens is 1. The Morgan fingerprint density at radius 3 is 2.02 bits per heavy atom. The first-order valence-electron chi connectivity index (χ1n) is 15.3. The molecule has 1 aliphatic heterocycles. The molecule has 0 N–H and O–H groups in total. The molecule has 8 rings (SSSR count). The molecular formula is C42H26N4. The topological polar surface area (TPSA) is 72.8 Å². The zero-order chi connectivity index (χ0) is 31.0. The van der Waals surface area contributed by atoms with Gasteiger partial charge in [-0.05, 0) is 114 Å². The van der Waals surface area contributed by atoms with Gasteiger partial charge in [-0.15, -0.1) is 0 Å². The molecule has 0 bridgehead atoms. The number of hydrogen-bond acceptors (Lipinski definition) is 4. The van der Waals surface area contributed by atoms with Gasteiger partial charge >= 0.3 is 0 Å². The minimum absolute atomic E-state index is 0.400. The van der Waals surface area contributed by atoms with Crippen LogP contribution in [0.4, 0.5) is 0 Å². The first-order valence-corrected chi connectivity index (χ1v) is 15.3. The third-order valence-electron chi connectivity index (χ3n) is 8.88. The maximum Gasteiger partial charge on any atom is 0.141 e. The molecule has 1 aliphatic rings. The lowest BCUT2D eigenvalue weighted by atomic mass is 9.83. The van der Waals surface area contributed by atoms with E-state index < -0.39 is 0 Å². The summed E-state index contributed by atoms with van der Waals surface area (Å²) in [7, 11) is 0. The zero-order valence-electron chi connectivity index (χ0n) is 24.9. The van der Waals surface area contributed by atoms with Crippen LogP contribution in [-0.4, -0.2) is 17.2 Å². The monoisotopic (exact) mass is 586 g/mol. The summed E-state index contributed by atoms with van der Waals surface area (Å²) in [6.45, 7) is 0.626. The molecule has 0 fully saturated rings. The maximum atomic E-state index is 9.51. The van der Waals surface area contributed by atoms with Crippen LogP contribution >= 0.6 is 0 Å². The van der Waals surface area contributed by atoms with Crippen LogP contribution in [0.1, 0.15) is 17.7 Å². The Labute approximate surface area is 266 Å². The molecule has 0 atom stereocenters. The second kappa shape index (κ2) is 11.3. The van der Waals surface area contributed by atoms with Crippen LogP contribution in [0.2, 0.25) is 0 Å². The van der Waals surface area contributed by atoms with E-state index in [2.05, 4.69) is 131 Å². The Morgan fingerprint density at radius 1 is 0.543 bits per heavy atom. The number of hydrogen-bond donors (Lipinski definition) is 0. The summed E-state index contributed by atoms with van der Waals surface area (Å²) in [5.74, 6) is 0. The van der Waals surface area contributed by atoms with Crippen molar-refractivity contribution in [1.82, 2.24) is 4.98 Å². The normalized spacial score (nSPS) is 12.8. The molecule has 46 heavy (non-hydrogen) atoms. The molecule has 0 saturated carbocycles. The molecule has 0 aliphatic carbocycles. The third kappa shape index (κ3) is 4.61. The van der Waals surface area contributed by atoms with Crippen molar-refractivity contribution in [2.24, 2.45) is 4.99 Å². The van der Waals surface area contributed by atoms with Crippen molar-refractivity contribution in [2.45, 2.75) is 6.42 Å². The molecule has 4 heteroatoms. The summed E-state index contributed by atoms with van der Waals surface area (Å²) in [6, 6.07) is 47.2. The minimum Gasteiger partial charge on any atom is -0.274 e. The molecule has 214 valence electrons. The molecule has 0 spiro atoms. The van der Waals surface area contributed by atoms with E-state index in [1.165, 1.54) is 43.4 Å².